The van der Waals surface area contributed by atoms with Crippen LogP contribution in [-0.4, -0.2) is 56.5 Å². The molecular formula is C21H20N6O4. The zero-order valence-electron chi connectivity index (χ0n) is 16.7. The number of ether oxygens (including phenoxy) is 1. The Morgan fingerprint density at radius 1 is 1.16 bits per heavy atom. The molecule has 2 saturated carbocycles. The lowest BCUT2D eigenvalue weighted by Crippen LogP contribution is -2.40. The Labute approximate surface area is 177 Å². The maximum atomic E-state index is 13.0. The molecule has 5 aliphatic rings. The molecule has 3 fully saturated rings. The Bertz CT molecular complexity index is 1090. The summed E-state index contributed by atoms with van der Waals surface area (Å²) in [6.07, 6.45) is 6.76. The molecule has 1 aliphatic heterocycles. The lowest BCUT2D eigenvalue weighted by Gasteiger charge is -2.37. The van der Waals surface area contributed by atoms with Gasteiger partial charge in [0.2, 0.25) is 17.7 Å². The number of benzene rings is 1. The van der Waals surface area contributed by atoms with Crippen molar-refractivity contribution in [1.82, 2.24) is 25.1 Å². The molecule has 0 spiro atoms. The molecule has 2 bridgehead atoms. The van der Waals surface area contributed by atoms with Crippen molar-refractivity contribution in [2.75, 3.05) is 19.0 Å². The van der Waals surface area contributed by atoms with Crippen LogP contribution in [-0.2, 0) is 14.4 Å². The van der Waals surface area contributed by atoms with E-state index in [0.717, 1.165) is 11.3 Å². The van der Waals surface area contributed by atoms with Gasteiger partial charge in [0, 0.05) is 5.69 Å². The van der Waals surface area contributed by atoms with Gasteiger partial charge in [0.05, 0.1) is 18.9 Å². The third-order valence-corrected chi connectivity index (χ3v) is 7.11. The molecule has 158 valence electrons. The van der Waals surface area contributed by atoms with Gasteiger partial charge < -0.3 is 10.1 Å². The Kier molecular flexibility index (Phi) is 3.80. The molecule has 7 rings (SSSR count). The van der Waals surface area contributed by atoms with Crippen molar-refractivity contribution in [2.45, 2.75) is 6.42 Å². The van der Waals surface area contributed by atoms with Gasteiger partial charge in [0.25, 0.3) is 0 Å². The van der Waals surface area contributed by atoms with E-state index in [1.807, 2.05) is 0 Å². The molecule has 6 atom stereocenters. The second kappa shape index (κ2) is 6.47. The second-order valence-corrected chi connectivity index (χ2v) is 8.61. The van der Waals surface area contributed by atoms with Crippen LogP contribution in [0.4, 0.5) is 5.69 Å². The van der Waals surface area contributed by atoms with Gasteiger partial charge in [0.1, 0.15) is 24.3 Å². The van der Waals surface area contributed by atoms with Crippen LogP contribution in [0.25, 0.3) is 5.69 Å². The molecule has 1 saturated heterocycles. The number of methoxy groups -OCH3 is 1. The average Bonchev–Trinajstić information content (AvgIpc) is 3.36. The van der Waals surface area contributed by atoms with Gasteiger partial charge in [-0.15, -0.1) is 5.10 Å². The van der Waals surface area contributed by atoms with Crippen LogP contribution >= 0.6 is 0 Å². The van der Waals surface area contributed by atoms with E-state index in [2.05, 4.69) is 33.0 Å². The van der Waals surface area contributed by atoms with Gasteiger partial charge in [-0.1, -0.05) is 12.2 Å². The van der Waals surface area contributed by atoms with Crippen LogP contribution in [0.5, 0.6) is 5.75 Å². The summed E-state index contributed by atoms with van der Waals surface area (Å²) in [6, 6.07) is 5.02. The van der Waals surface area contributed by atoms with Gasteiger partial charge in [-0.05, 0) is 58.7 Å². The third-order valence-electron chi connectivity index (χ3n) is 7.11. The highest BCUT2D eigenvalue weighted by atomic mass is 16.5. The highest BCUT2D eigenvalue weighted by Crippen LogP contribution is 2.65. The highest BCUT2D eigenvalue weighted by Gasteiger charge is 2.67. The van der Waals surface area contributed by atoms with Crippen molar-refractivity contribution in [3.63, 3.8) is 0 Å². The quantitative estimate of drug-likeness (QED) is 0.557. The highest BCUT2D eigenvalue weighted by molar-refractivity contribution is 6.09. The molecule has 31 heavy (non-hydrogen) atoms. The van der Waals surface area contributed by atoms with Crippen molar-refractivity contribution < 1.29 is 19.1 Å². The van der Waals surface area contributed by atoms with Crippen LogP contribution < -0.4 is 10.1 Å². The predicted octanol–water partition coefficient (Wildman–Crippen LogP) is 0.662. The first kappa shape index (κ1) is 18.2. The van der Waals surface area contributed by atoms with E-state index in [0.29, 0.717) is 29.0 Å². The van der Waals surface area contributed by atoms with E-state index in [4.69, 9.17) is 4.74 Å². The van der Waals surface area contributed by atoms with Crippen molar-refractivity contribution in [2.24, 2.45) is 35.5 Å². The molecule has 1 aromatic carbocycles. The molecule has 1 aromatic heterocycles. The van der Waals surface area contributed by atoms with Crippen LogP contribution in [0.3, 0.4) is 0 Å². The molecule has 3 amide bonds. The standard InChI is InChI=1S/C21H20N6O4/c1-31-16-5-2-10(6-15(16)27-9-22-24-25-27)23-17(28)8-26-20(29)18-11-3-4-12(14-7-13(11)14)19(18)21(26)30/h2-6,9,11-14,18-19H,7-8H2,1H3,(H,23,28)/t11-,12-,13-,14-,18+,19+/m0/s1. The van der Waals surface area contributed by atoms with Gasteiger partial charge in [0.15, 0.2) is 0 Å². The number of hydrogen-bond acceptors (Lipinski definition) is 7. The lowest BCUT2D eigenvalue weighted by molar-refractivity contribution is -0.142. The number of anilines is 1. The Balaban J connectivity index is 1.19. The minimum absolute atomic E-state index is 0.143. The minimum atomic E-state index is -0.432. The number of carbonyl (C=O) groups is 3. The molecular weight excluding hydrogens is 400 g/mol. The fourth-order valence-electron chi connectivity index (χ4n) is 5.74. The maximum absolute atomic E-state index is 13.0. The van der Waals surface area contributed by atoms with Crippen molar-refractivity contribution >= 4 is 23.4 Å². The zero-order valence-corrected chi connectivity index (χ0v) is 16.7. The summed E-state index contributed by atoms with van der Waals surface area (Å²) in [5.41, 5.74) is 1.03. The predicted molar refractivity (Wildman–Crippen MR) is 106 cm³/mol. The van der Waals surface area contributed by atoms with E-state index in [1.54, 1.807) is 18.2 Å². The van der Waals surface area contributed by atoms with Gasteiger partial charge in [-0.25, -0.2) is 0 Å². The van der Waals surface area contributed by atoms with Crippen molar-refractivity contribution in [3.8, 4) is 11.4 Å². The van der Waals surface area contributed by atoms with Crippen molar-refractivity contribution in [3.05, 3.63) is 36.7 Å². The second-order valence-electron chi connectivity index (χ2n) is 8.61. The van der Waals surface area contributed by atoms with Crippen LogP contribution in [0.2, 0.25) is 0 Å². The van der Waals surface area contributed by atoms with Crippen LogP contribution in [0.15, 0.2) is 36.7 Å². The number of hydrogen-bond donors (Lipinski definition) is 1. The molecule has 10 nitrogen and oxygen atoms in total. The number of amides is 3. The van der Waals surface area contributed by atoms with Gasteiger partial charge >= 0.3 is 0 Å². The minimum Gasteiger partial charge on any atom is -0.494 e. The maximum Gasteiger partial charge on any atom is 0.244 e. The number of likely N-dealkylation sites (tertiary alicyclic amines) is 1. The fraction of sp³-hybridized carbons (Fsp3) is 0.429. The molecule has 4 aliphatic carbocycles. The average molecular weight is 420 g/mol. The number of nitrogens with zero attached hydrogens (tertiary/aromatic N) is 5. The number of aromatic nitrogens is 4. The van der Waals surface area contributed by atoms with E-state index in [1.165, 1.54) is 18.1 Å². The summed E-state index contributed by atoms with van der Waals surface area (Å²) in [5, 5.41) is 13.8. The normalized spacial score (nSPS) is 32.1. The Morgan fingerprint density at radius 2 is 1.87 bits per heavy atom. The molecule has 1 N–H and O–H groups in total. The van der Waals surface area contributed by atoms with Gasteiger partial charge in [-0.3, -0.25) is 19.3 Å². The number of allylic oxidation sites excluding steroid dienone is 2. The summed E-state index contributed by atoms with van der Waals surface area (Å²) in [7, 11) is 1.53. The fourth-order valence-corrected chi connectivity index (χ4v) is 5.74. The number of carbonyl (C=O) groups excluding carboxylic acids is 3. The molecule has 2 aromatic rings. The topological polar surface area (TPSA) is 119 Å². The Morgan fingerprint density at radius 3 is 2.48 bits per heavy atom. The van der Waals surface area contributed by atoms with E-state index in [9.17, 15) is 14.4 Å². The molecule has 10 heteroatoms. The Hall–Kier alpha value is -3.56. The van der Waals surface area contributed by atoms with Crippen molar-refractivity contribution in [1.29, 1.82) is 0 Å². The summed E-state index contributed by atoms with van der Waals surface area (Å²) < 4.78 is 6.74. The smallest absolute Gasteiger partial charge is 0.244 e. The zero-order chi connectivity index (χ0) is 21.3. The summed E-state index contributed by atoms with van der Waals surface area (Å²) in [6.45, 7) is -0.286. The third kappa shape index (κ3) is 2.63. The first-order valence-electron chi connectivity index (χ1n) is 10.3. The number of nitrogens with one attached hydrogen (secondary N) is 1. The summed E-state index contributed by atoms with van der Waals surface area (Å²) >= 11 is 0. The monoisotopic (exact) mass is 420 g/mol. The lowest BCUT2D eigenvalue weighted by atomic mass is 9.63. The SMILES string of the molecule is COc1ccc(NC(=O)CN2C(=O)[C@@H]3[C@H]4C=C[C@@H]([C@@H]5C[C@@H]45)[C@H]3C2=O)cc1-n1cnnn1. The number of imide groups is 1. The van der Waals surface area contributed by atoms with E-state index < -0.39 is 5.91 Å². The van der Waals surface area contributed by atoms with Gasteiger partial charge in [-0.2, -0.15) is 4.68 Å². The summed E-state index contributed by atoms with van der Waals surface area (Å²) in [4.78, 5) is 39.9. The van der Waals surface area contributed by atoms with E-state index >= 15 is 0 Å². The molecule has 0 unspecified atom stereocenters. The molecule has 0 radical (unpaired) electrons. The van der Waals surface area contributed by atoms with Crippen LogP contribution in [0, 0.1) is 35.5 Å². The molecule has 2 heterocycles. The van der Waals surface area contributed by atoms with Crippen LogP contribution in [0.1, 0.15) is 6.42 Å². The number of rotatable bonds is 5. The first-order chi connectivity index (χ1) is 15.1. The summed E-state index contributed by atoms with van der Waals surface area (Å²) in [5.74, 6) is 0.432. The first-order valence-corrected chi connectivity index (χ1v) is 10.3. The van der Waals surface area contributed by atoms with E-state index in [-0.39, 0.29) is 42.0 Å². The number of tetrazole rings is 1. The largest absolute Gasteiger partial charge is 0.494 e.